The number of nitrogens with two attached hydrogens (primary N) is 1. The van der Waals surface area contributed by atoms with Gasteiger partial charge in [0.15, 0.2) is 10.8 Å². The van der Waals surface area contributed by atoms with Gasteiger partial charge in [0.25, 0.3) is 0 Å². The number of hydrogen-bond donors (Lipinski definition) is 2. The lowest BCUT2D eigenvalue weighted by Crippen LogP contribution is -2.09. The molecular weight excluding hydrogens is 329 g/mol. The Morgan fingerprint density at radius 1 is 1.45 bits per heavy atom. The van der Waals surface area contributed by atoms with E-state index < -0.39 is 4.92 Å². The van der Waals surface area contributed by atoms with Crippen molar-refractivity contribution in [2.45, 2.75) is 6.61 Å². The molecule has 0 amide bonds. The number of hydrazine groups is 1. The predicted molar refractivity (Wildman–Crippen MR) is 75.2 cm³/mol. The molecule has 2 aromatic rings. The summed E-state index contributed by atoms with van der Waals surface area (Å²) in [6.45, 7) is -0.0468. The van der Waals surface area contributed by atoms with Crippen LogP contribution in [0.15, 0.2) is 12.1 Å². The molecule has 0 fully saturated rings. The van der Waals surface area contributed by atoms with Gasteiger partial charge in [-0.25, -0.2) is 5.84 Å². The monoisotopic (exact) mass is 335 g/mol. The van der Waals surface area contributed by atoms with Gasteiger partial charge in [-0.2, -0.15) is 0 Å². The standard InChI is InChI=1S/C9H7Cl2N5O3S/c10-4-1-7(16(17)18)8(2-5(4)11)19-3-6-9(13-12)20-15-14-6/h1-2,13H,3,12H2. The first-order valence-electron chi connectivity index (χ1n) is 5.07. The number of nitrogens with one attached hydrogen (secondary N) is 1. The second-order valence-corrected chi connectivity index (χ2v) is 5.04. The van der Waals surface area contributed by atoms with Crippen molar-refractivity contribution in [2.75, 3.05) is 5.43 Å². The second kappa shape index (κ2) is 6.18. The molecule has 11 heteroatoms. The van der Waals surface area contributed by atoms with E-state index in [-0.39, 0.29) is 28.1 Å². The van der Waals surface area contributed by atoms with Crippen LogP contribution in [0.25, 0.3) is 0 Å². The van der Waals surface area contributed by atoms with E-state index in [2.05, 4.69) is 15.0 Å². The Bertz CT molecular complexity index is 651. The molecule has 8 nitrogen and oxygen atoms in total. The van der Waals surface area contributed by atoms with Crippen molar-refractivity contribution in [2.24, 2.45) is 5.84 Å². The third kappa shape index (κ3) is 3.07. The molecular formula is C9H7Cl2N5O3S. The first-order chi connectivity index (χ1) is 9.52. The molecule has 1 aromatic carbocycles. The average molecular weight is 336 g/mol. The number of nitrogen functional groups attached to an aromatic ring is 1. The minimum absolute atomic E-state index is 0.0135. The number of nitrogens with zero attached hydrogens (tertiary/aromatic N) is 3. The Balaban J connectivity index is 2.25. The van der Waals surface area contributed by atoms with Crippen LogP contribution in [0.2, 0.25) is 10.0 Å². The zero-order valence-corrected chi connectivity index (χ0v) is 12.0. The third-order valence-electron chi connectivity index (χ3n) is 2.25. The van der Waals surface area contributed by atoms with Crippen LogP contribution < -0.4 is 16.0 Å². The number of hydrogen-bond acceptors (Lipinski definition) is 8. The van der Waals surface area contributed by atoms with E-state index in [1.54, 1.807) is 0 Å². The zero-order chi connectivity index (χ0) is 14.7. The summed E-state index contributed by atoms with van der Waals surface area (Å²) in [7, 11) is 0. The van der Waals surface area contributed by atoms with Gasteiger partial charge in [0.2, 0.25) is 0 Å². The fraction of sp³-hybridized carbons (Fsp3) is 0.111. The molecule has 0 radical (unpaired) electrons. The van der Waals surface area contributed by atoms with Gasteiger partial charge >= 0.3 is 5.69 Å². The fourth-order valence-electron chi connectivity index (χ4n) is 1.34. The lowest BCUT2D eigenvalue weighted by Gasteiger charge is -2.07. The molecule has 0 spiro atoms. The summed E-state index contributed by atoms with van der Waals surface area (Å²) in [5.41, 5.74) is 2.54. The molecule has 0 aliphatic carbocycles. The predicted octanol–water partition coefficient (Wildman–Crippen LogP) is 2.62. The maximum absolute atomic E-state index is 10.9. The fourth-order valence-corrected chi connectivity index (χ4v) is 2.13. The van der Waals surface area contributed by atoms with Gasteiger partial charge in [-0.05, 0) is 0 Å². The SMILES string of the molecule is NNc1snnc1COc1cc(Cl)c(Cl)cc1[N+](=O)[O-]. The van der Waals surface area contributed by atoms with Crippen LogP contribution in [0.1, 0.15) is 5.69 Å². The Hall–Kier alpha value is -1.68. The van der Waals surface area contributed by atoms with E-state index in [1.165, 1.54) is 6.07 Å². The van der Waals surface area contributed by atoms with E-state index in [1.807, 2.05) is 0 Å². The molecule has 0 aliphatic rings. The minimum Gasteiger partial charge on any atom is -0.480 e. The second-order valence-electron chi connectivity index (χ2n) is 3.47. The molecule has 0 aliphatic heterocycles. The van der Waals surface area contributed by atoms with E-state index in [9.17, 15) is 10.1 Å². The first-order valence-corrected chi connectivity index (χ1v) is 6.60. The van der Waals surface area contributed by atoms with Crippen molar-refractivity contribution in [3.05, 3.63) is 38.0 Å². The Labute approximate surface area is 126 Å². The highest BCUT2D eigenvalue weighted by molar-refractivity contribution is 7.10. The number of benzene rings is 1. The molecule has 1 heterocycles. The molecule has 106 valence electrons. The van der Waals surface area contributed by atoms with Crippen molar-refractivity contribution in [3.63, 3.8) is 0 Å². The van der Waals surface area contributed by atoms with Crippen molar-refractivity contribution in [1.29, 1.82) is 0 Å². The summed E-state index contributed by atoms with van der Waals surface area (Å²) in [6.07, 6.45) is 0. The van der Waals surface area contributed by atoms with Gasteiger partial charge in [0.1, 0.15) is 12.3 Å². The Kier molecular flexibility index (Phi) is 4.55. The number of aromatic nitrogens is 2. The number of nitro groups is 1. The number of halogens is 2. The highest BCUT2D eigenvalue weighted by Crippen LogP contribution is 2.36. The van der Waals surface area contributed by atoms with Crippen molar-refractivity contribution >= 4 is 45.4 Å². The lowest BCUT2D eigenvalue weighted by molar-refractivity contribution is -0.385. The molecule has 2 rings (SSSR count). The van der Waals surface area contributed by atoms with Gasteiger partial charge in [-0.15, -0.1) is 5.10 Å². The minimum atomic E-state index is -0.612. The van der Waals surface area contributed by atoms with Crippen molar-refractivity contribution in [1.82, 2.24) is 9.59 Å². The number of ether oxygens (including phenoxy) is 1. The molecule has 0 unspecified atom stereocenters. The smallest absolute Gasteiger partial charge is 0.312 e. The highest BCUT2D eigenvalue weighted by atomic mass is 35.5. The van der Waals surface area contributed by atoms with E-state index in [0.29, 0.717) is 10.7 Å². The largest absolute Gasteiger partial charge is 0.480 e. The summed E-state index contributed by atoms with van der Waals surface area (Å²) >= 11 is 12.6. The number of rotatable bonds is 5. The molecule has 0 atom stereocenters. The van der Waals surface area contributed by atoms with Gasteiger partial charge in [-0.3, -0.25) is 10.1 Å². The maximum Gasteiger partial charge on any atom is 0.312 e. The van der Waals surface area contributed by atoms with E-state index in [0.717, 1.165) is 17.6 Å². The summed E-state index contributed by atoms with van der Waals surface area (Å²) in [5.74, 6) is 5.25. The Morgan fingerprint density at radius 2 is 2.15 bits per heavy atom. The van der Waals surface area contributed by atoms with E-state index in [4.69, 9.17) is 33.8 Å². The molecule has 0 saturated carbocycles. The number of anilines is 1. The Morgan fingerprint density at radius 3 is 2.80 bits per heavy atom. The maximum atomic E-state index is 10.9. The molecule has 0 saturated heterocycles. The normalized spacial score (nSPS) is 10.3. The van der Waals surface area contributed by atoms with Gasteiger partial charge in [0.05, 0.1) is 15.0 Å². The van der Waals surface area contributed by atoms with Crippen LogP contribution in [0.4, 0.5) is 10.7 Å². The lowest BCUT2D eigenvalue weighted by atomic mass is 10.3. The molecule has 20 heavy (non-hydrogen) atoms. The van der Waals surface area contributed by atoms with Gasteiger partial charge in [-0.1, -0.05) is 27.7 Å². The average Bonchev–Trinajstić information content (AvgIpc) is 2.86. The summed E-state index contributed by atoms with van der Waals surface area (Å²) in [6, 6.07) is 2.40. The van der Waals surface area contributed by atoms with Crippen molar-refractivity contribution < 1.29 is 9.66 Å². The van der Waals surface area contributed by atoms with Gasteiger partial charge in [0, 0.05) is 23.7 Å². The summed E-state index contributed by atoms with van der Waals surface area (Å²) < 4.78 is 9.03. The van der Waals surface area contributed by atoms with Crippen LogP contribution in [0.3, 0.4) is 0 Å². The molecule has 3 N–H and O–H groups in total. The summed E-state index contributed by atoms with van der Waals surface area (Å²) in [4.78, 5) is 10.3. The quantitative estimate of drug-likeness (QED) is 0.490. The molecule has 1 aromatic heterocycles. The first kappa shape index (κ1) is 14.7. The number of nitro benzene ring substituents is 1. The van der Waals surface area contributed by atoms with E-state index >= 15 is 0 Å². The van der Waals surface area contributed by atoms with Crippen molar-refractivity contribution in [3.8, 4) is 5.75 Å². The van der Waals surface area contributed by atoms with Gasteiger partial charge < -0.3 is 10.2 Å². The molecule has 0 bridgehead atoms. The summed E-state index contributed by atoms with van der Waals surface area (Å²) in [5, 5.41) is 15.5. The zero-order valence-electron chi connectivity index (χ0n) is 9.67. The van der Waals surface area contributed by atoms with Crippen LogP contribution >= 0.6 is 34.7 Å². The topological polar surface area (TPSA) is 116 Å². The third-order valence-corrected chi connectivity index (χ3v) is 3.67. The van der Waals surface area contributed by atoms with Crippen LogP contribution in [-0.2, 0) is 6.61 Å². The highest BCUT2D eigenvalue weighted by Gasteiger charge is 2.19. The van der Waals surface area contributed by atoms with Crippen LogP contribution in [-0.4, -0.2) is 14.5 Å². The van der Waals surface area contributed by atoms with Crippen LogP contribution in [0, 0.1) is 10.1 Å². The van der Waals surface area contributed by atoms with Crippen LogP contribution in [0.5, 0.6) is 5.75 Å².